The molecule has 0 aliphatic carbocycles. The van der Waals surface area contributed by atoms with Crippen molar-refractivity contribution in [1.29, 1.82) is 0 Å². The van der Waals surface area contributed by atoms with Gasteiger partial charge in [0.1, 0.15) is 22.7 Å². The van der Waals surface area contributed by atoms with Crippen LogP contribution in [-0.4, -0.2) is 26.4 Å². The second-order valence-corrected chi connectivity index (χ2v) is 7.83. The highest BCUT2D eigenvalue weighted by Crippen LogP contribution is 2.29. The van der Waals surface area contributed by atoms with Gasteiger partial charge in [-0.1, -0.05) is 40.9 Å². The number of nitrogens with zero attached hydrogens (tertiary/aromatic N) is 2. The fraction of sp³-hybridized carbons (Fsp3) is 0.0455. The van der Waals surface area contributed by atoms with Gasteiger partial charge in [0.15, 0.2) is 0 Å². The number of pyridine rings is 1. The van der Waals surface area contributed by atoms with Crippen molar-refractivity contribution in [3.63, 3.8) is 0 Å². The van der Waals surface area contributed by atoms with Crippen LogP contribution >= 0.6 is 34.8 Å². The molecule has 0 aliphatic rings. The van der Waals surface area contributed by atoms with Gasteiger partial charge < -0.3 is 14.4 Å². The Kier molecular flexibility index (Phi) is 5.87. The van der Waals surface area contributed by atoms with Gasteiger partial charge in [0.05, 0.1) is 11.1 Å². The Labute approximate surface area is 191 Å². The summed E-state index contributed by atoms with van der Waals surface area (Å²) in [5.74, 6) is -1.99. The smallest absolute Gasteiger partial charge is 0.377 e. The average molecular weight is 476 g/mol. The summed E-state index contributed by atoms with van der Waals surface area (Å²) in [6, 6.07) is 15.4. The first-order chi connectivity index (χ1) is 14.8. The number of Topliss-reactive ketones (excluding diaryl/α,β-unsaturated/α-hetero) is 1. The van der Waals surface area contributed by atoms with Crippen LogP contribution in [-0.2, 0) is 11.4 Å². The average Bonchev–Trinajstić information content (AvgIpc) is 3.09. The van der Waals surface area contributed by atoms with E-state index < -0.39 is 11.8 Å². The van der Waals surface area contributed by atoms with E-state index in [2.05, 4.69) is 4.98 Å². The summed E-state index contributed by atoms with van der Waals surface area (Å²) >= 11 is 17.9. The van der Waals surface area contributed by atoms with Crippen LogP contribution in [0.5, 0.6) is 5.75 Å². The molecule has 9 heteroatoms. The standard InChI is InChI=1S/C22H13Cl3N2O4/c23-13-4-5-18-16(8-13)17(21(28)22(29)30)10-27(18)14-2-1-3-15(9-14)31-11-12-6-19(24)26-20(25)7-12/h1-10H,11H2,(H,29,30). The summed E-state index contributed by atoms with van der Waals surface area (Å²) in [6.45, 7) is 0.218. The highest BCUT2D eigenvalue weighted by atomic mass is 35.5. The zero-order valence-electron chi connectivity index (χ0n) is 15.7. The molecule has 0 aliphatic heterocycles. The van der Waals surface area contributed by atoms with E-state index in [1.54, 1.807) is 53.1 Å². The van der Waals surface area contributed by atoms with Gasteiger partial charge in [0.25, 0.3) is 5.78 Å². The molecule has 4 aromatic rings. The molecule has 0 radical (unpaired) electrons. The summed E-state index contributed by atoms with van der Waals surface area (Å²) in [4.78, 5) is 27.3. The Balaban J connectivity index is 1.70. The highest BCUT2D eigenvalue weighted by molar-refractivity contribution is 6.42. The van der Waals surface area contributed by atoms with E-state index in [0.717, 1.165) is 5.56 Å². The van der Waals surface area contributed by atoms with Gasteiger partial charge in [-0.15, -0.1) is 0 Å². The molecule has 156 valence electrons. The zero-order valence-corrected chi connectivity index (χ0v) is 17.9. The van der Waals surface area contributed by atoms with Crippen molar-refractivity contribution >= 4 is 57.5 Å². The normalized spacial score (nSPS) is 10.9. The second kappa shape index (κ2) is 8.59. The molecule has 6 nitrogen and oxygen atoms in total. The van der Waals surface area contributed by atoms with E-state index in [0.29, 0.717) is 27.4 Å². The molecule has 0 bridgehead atoms. The topological polar surface area (TPSA) is 81.4 Å². The molecule has 1 N–H and O–H groups in total. The van der Waals surface area contributed by atoms with Crippen molar-refractivity contribution in [1.82, 2.24) is 9.55 Å². The lowest BCUT2D eigenvalue weighted by atomic mass is 10.1. The van der Waals surface area contributed by atoms with Crippen molar-refractivity contribution in [2.45, 2.75) is 6.61 Å². The molecule has 0 spiro atoms. The number of rotatable bonds is 6. The van der Waals surface area contributed by atoms with Crippen LogP contribution < -0.4 is 4.74 Å². The Hall–Kier alpha value is -3.06. The van der Waals surface area contributed by atoms with Gasteiger partial charge in [-0.3, -0.25) is 4.79 Å². The Morgan fingerprint density at radius 2 is 1.74 bits per heavy atom. The predicted octanol–water partition coefficient (Wildman–Crippen LogP) is 5.83. The molecule has 4 rings (SSSR count). The van der Waals surface area contributed by atoms with Gasteiger partial charge in [-0.05, 0) is 48.0 Å². The summed E-state index contributed by atoms with van der Waals surface area (Å²) in [5, 5.41) is 10.6. The number of carbonyl (C=O) groups is 2. The molecule has 0 atom stereocenters. The summed E-state index contributed by atoms with van der Waals surface area (Å²) < 4.78 is 7.56. The third kappa shape index (κ3) is 4.51. The minimum atomic E-state index is -1.54. The van der Waals surface area contributed by atoms with E-state index in [1.165, 1.54) is 6.20 Å². The lowest BCUT2D eigenvalue weighted by molar-refractivity contribution is -0.131. The van der Waals surface area contributed by atoms with Gasteiger partial charge in [0, 0.05) is 28.4 Å². The van der Waals surface area contributed by atoms with Crippen LogP contribution in [0, 0.1) is 0 Å². The highest BCUT2D eigenvalue weighted by Gasteiger charge is 2.21. The number of aliphatic carboxylic acids is 1. The number of ether oxygens (including phenoxy) is 1. The molecule has 0 unspecified atom stereocenters. The minimum Gasteiger partial charge on any atom is -0.489 e. The first-order valence-electron chi connectivity index (χ1n) is 8.95. The number of carboxylic acid groups (broad SMARTS) is 1. The molecule has 0 amide bonds. The van der Waals surface area contributed by atoms with Crippen molar-refractivity contribution in [3.05, 3.63) is 87.2 Å². The largest absolute Gasteiger partial charge is 0.489 e. The Bertz CT molecular complexity index is 1310. The third-order valence-corrected chi connectivity index (χ3v) is 5.15. The molecule has 31 heavy (non-hydrogen) atoms. The van der Waals surface area contributed by atoms with Crippen molar-refractivity contribution < 1.29 is 19.4 Å². The number of ketones is 1. The number of benzene rings is 2. The van der Waals surface area contributed by atoms with Crippen LogP contribution in [0.2, 0.25) is 15.3 Å². The lowest BCUT2D eigenvalue weighted by Gasteiger charge is -2.10. The van der Waals surface area contributed by atoms with Crippen LogP contribution in [0.25, 0.3) is 16.6 Å². The molecule has 0 fully saturated rings. The molecule has 0 saturated carbocycles. The summed E-state index contributed by atoms with van der Waals surface area (Å²) in [6.07, 6.45) is 1.49. The van der Waals surface area contributed by atoms with E-state index in [4.69, 9.17) is 39.5 Å². The SMILES string of the molecule is O=C(O)C(=O)c1cn(-c2cccc(OCc3cc(Cl)nc(Cl)c3)c2)c2ccc(Cl)cc12. The van der Waals surface area contributed by atoms with Crippen molar-refractivity contribution in [2.24, 2.45) is 0 Å². The monoisotopic (exact) mass is 474 g/mol. The number of fused-ring (bicyclic) bond motifs is 1. The minimum absolute atomic E-state index is 0.0531. The van der Waals surface area contributed by atoms with Gasteiger partial charge in [0.2, 0.25) is 0 Å². The van der Waals surface area contributed by atoms with Gasteiger partial charge in [-0.2, -0.15) is 0 Å². The molecule has 0 saturated heterocycles. The molecule has 2 heterocycles. The summed E-state index contributed by atoms with van der Waals surface area (Å²) in [7, 11) is 0. The van der Waals surface area contributed by atoms with Crippen molar-refractivity contribution in [2.75, 3.05) is 0 Å². The quantitative estimate of drug-likeness (QED) is 0.215. The lowest BCUT2D eigenvalue weighted by Crippen LogP contribution is -2.12. The predicted molar refractivity (Wildman–Crippen MR) is 119 cm³/mol. The number of carbonyl (C=O) groups excluding carboxylic acids is 1. The van der Waals surface area contributed by atoms with E-state index >= 15 is 0 Å². The fourth-order valence-corrected chi connectivity index (χ4v) is 3.88. The Morgan fingerprint density at radius 3 is 2.45 bits per heavy atom. The fourth-order valence-electron chi connectivity index (χ4n) is 3.20. The van der Waals surface area contributed by atoms with E-state index in [-0.39, 0.29) is 22.5 Å². The molecular formula is C22H13Cl3N2O4. The number of halogens is 3. The number of hydrogen-bond donors (Lipinski definition) is 1. The second-order valence-electron chi connectivity index (χ2n) is 6.62. The van der Waals surface area contributed by atoms with Crippen LogP contribution in [0.15, 0.2) is 60.8 Å². The molecule has 2 aromatic heterocycles. The number of hydrogen-bond acceptors (Lipinski definition) is 4. The maximum Gasteiger partial charge on any atom is 0.377 e. The molecular weight excluding hydrogens is 463 g/mol. The summed E-state index contributed by atoms with van der Waals surface area (Å²) in [5.41, 5.74) is 2.13. The number of carboxylic acids is 1. The van der Waals surface area contributed by atoms with Crippen LogP contribution in [0.1, 0.15) is 15.9 Å². The third-order valence-electron chi connectivity index (χ3n) is 4.53. The number of aromatic nitrogens is 2. The van der Waals surface area contributed by atoms with Crippen LogP contribution in [0.4, 0.5) is 0 Å². The Morgan fingerprint density at radius 1 is 1.00 bits per heavy atom. The van der Waals surface area contributed by atoms with E-state index in [1.807, 2.05) is 6.07 Å². The van der Waals surface area contributed by atoms with Gasteiger partial charge >= 0.3 is 5.97 Å². The molecule has 2 aromatic carbocycles. The maximum atomic E-state index is 12.2. The zero-order chi connectivity index (χ0) is 22.1. The van der Waals surface area contributed by atoms with Crippen molar-refractivity contribution in [3.8, 4) is 11.4 Å². The first-order valence-corrected chi connectivity index (χ1v) is 10.1. The van der Waals surface area contributed by atoms with E-state index in [9.17, 15) is 14.7 Å². The van der Waals surface area contributed by atoms with Crippen LogP contribution in [0.3, 0.4) is 0 Å². The van der Waals surface area contributed by atoms with Gasteiger partial charge in [-0.25, -0.2) is 9.78 Å². The maximum absolute atomic E-state index is 12.2. The first kappa shape index (κ1) is 21.2.